The Labute approximate surface area is 226 Å². The Balaban J connectivity index is 1.97. The number of carbonyl (C=O) groups excluding carboxylic acids is 1. The van der Waals surface area contributed by atoms with Gasteiger partial charge in [-0.05, 0) is 94.9 Å². The zero-order chi connectivity index (χ0) is 24.6. The predicted molar refractivity (Wildman–Crippen MR) is 147 cm³/mol. The number of rotatable bonds is 5. The summed E-state index contributed by atoms with van der Waals surface area (Å²) in [7, 11) is 1.58. The van der Waals surface area contributed by atoms with Crippen molar-refractivity contribution in [3.05, 3.63) is 85.6 Å². The van der Waals surface area contributed by atoms with Gasteiger partial charge in [-0.25, -0.2) is 9.79 Å². The predicted octanol–water partition coefficient (Wildman–Crippen LogP) is 3.72. The highest BCUT2D eigenvalue weighted by Crippen LogP contribution is 2.32. The lowest BCUT2D eigenvalue weighted by atomic mass is 9.96. The molecular formula is C24H20I2N2O5S. The van der Waals surface area contributed by atoms with Crippen LogP contribution < -0.4 is 19.6 Å². The van der Waals surface area contributed by atoms with Crippen molar-refractivity contribution < 1.29 is 19.4 Å². The monoisotopic (exact) mass is 702 g/mol. The number of nitrogens with zero attached hydrogens (tertiary/aromatic N) is 2. The first-order valence-corrected chi connectivity index (χ1v) is 13.2. The maximum absolute atomic E-state index is 13.6. The van der Waals surface area contributed by atoms with Crippen molar-refractivity contribution in [2.45, 2.75) is 19.9 Å². The SMILES string of the molecule is CCOC(=O)C1=C(C)N=c2s/c(=C\c3cc(I)cc(I)c3O)c(=O)n2[C@H]1c1ccc(OC)cc1. The number of ether oxygens (including phenoxy) is 2. The molecule has 0 fully saturated rings. The molecular weight excluding hydrogens is 682 g/mol. The fraction of sp³-hybridized carbons (Fsp3) is 0.208. The van der Waals surface area contributed by atoms with Crippen LogP contribution in [0.3, 0.4) is 0 Å². The molecule has 34 heavy (non-hydrogen) atoms. The third kappa shape index (κ3) is 4.67. The van der Waals surface area contributed by atoms with E-state index in [2.05, 4.69) is 50.2 Å². The topological polar surface area (TPSA) is 90.1 Å². The molecule has 7 nitrogen and oxygen atoms in total. The lowest BCUT2D eigenvalue weighted by Gasteiger charge is -2.24. The summed E-state index contributed by atoms with van der Waals surface area (Å²) in [6.45, 7) is 3.69. The summed E-state index contributed by atoms with van der Waals surface area (Å²) in [5.74, 6) is 0.268. The number of hydrogen-bond donors (Lipinski definition) is 1. The third-order valence-electron chi connectivity index (χ3n) is 5.29. The number of phenols is 1. The number of hydrogen-bond acceptors (Lipinski definition) is 7. The lowest BCUT2D eigenvalue weighted by Crippen LogP contribution is -2.39. The molecule has 0 radical (unpaired) electrons. The molecule has 10 heteroatoms. The lowest BCUT2D eigenvalue weighted by molar-refractivity contribution is -0.139. The van der Waals surface area contributed by atoms with Crippen molar-refractivity contribution in [3.8, 4) is 11.5 Å². The number of methoxy groups -OCH3 is 1. The molecule has 0 saturated carbocycles. The van der Waals surface area contributed by atoms with Gasteiger partial charge in [0.1, 0.15) is 11.5 Å². The van der Waals surface area contributed by atoms with Gasteiger partial charge in [-0.3, -0.25) is 9.36 Å². The van der Waals surface area contributed by atoms with Crippen LogP contribution in [0, 0.1) is 7.14 Å². The molecule has 2 aromatic carbocycles. The van der Waals surface area contributed by atoms with Gasteiger partial charge in [0.25, 0.3) is 5.56 Å². The molecule has 1 aromatic heterocycles. The third-order valence-corrected chi connectivity index (χ3v) is 7.72. The second-order valence-corrected chi connectivity index (χ2v) is 10.8. The van der Waals surface area contributed by atoms with Gasteiger partial charge in [0, 0.05) is 9.13 Å². The maximum Gasteiger partial charge on any atom is 0.338 e. The number of aromatic hydroxyl groups is 1. The minimum Gasteiger partial charge on any atom is -0.506 e. The first-order valence-electron chi connectivity index (χ1n) is 10.3. The molecule has 0 aliphatic carbocycles. The average Bonchev–Trinajstić information content (AvgIpc) is 3.10. The van der Waals surface area contributed by atoms with E-state index in [-0.39, 0.29) is 17.9 Å². The highest BCUT2D eigenvalue weighted by atomic mass is 127. The van der Waals surface area contributed by atoms with Crippen LogP contribution in [-0.2, 0) is 9.53 Å². The Morgan fingerprint density at radius 2 is 1.97 bits per heavy atom. The van der Waals surface area contributed by atoms with Crippen LogP contribution in [0.5, 0.6) is 11.5 Å². The van der Waals surface area contributed by atoms with Gasteiger partial charge < -0.3 is 14.6 Å². The smallest absolute Gasteiger partial charge is 0.338 e. The van der Waals surface area contributed by atoms with Crippen LogP contribution in [0.25, 0.3) is 6.08 Å². The van der Waals surface area contributed by atoms with Crippen molar-refractivity contribution in [2.24, 2.45) is 4.99 Å². The van der Waals surface area contributed by atoms with Crippen LogP contribution in [0.1, 0.15) is 31.0 Å². The van der Waals surface area contributed by atoms with Gasteiger partial charge >= 0.3 is 5.97 Å². The fourth-order valence-electron chi connectivity index (χ4n) is 3.73. The van der Waals surface area contributed by atoms with Gasteiger partial charge in [0.05, 0.1) is 39.1 Å². The van der Waals surface area contributed by atoms with Crippen molar-refractivity contribution in [3.63, 3.8) is 0 Å². The summed E-state index contributed by atoms with van der Waals surface area (Å²) in [5, 5.41) is 10.5. The van der Waals surface area contributed by atoms with Crippen LogP contribution in [0.4, 0.5) is 0 Å². The highest BCUT2D eigenvalue weighted by Gasteiger charge is 2.33. The van der Waals surface area contributed by atoms with E-state index in [1.165, 1.54) is 15.9 Å². The number of allylic oxidation sites excluding steroid dienone is 1. The molecule has 1 aliphatic rings. The minimum atomic E-state index is -0.701. The largest absolute Gasteiger partial charge is 0.506 e. The number of aromatic nitrogens is 1. The summed E-state index contributed by atoms with van der Waals surface area (Å²) in [6, 6.07) is 10.2. The molecule has 0 bridgehead atoms. The highest BCUT2D eigenvalue weighted by molar-refractivity contribution is 14.1. The molecule has 0 saturated heterocycles. The zero-order valence-electron chi connectivity index (χ0n) is 18.5. The van der Waals surface area contributed by atoms with E-state index >= 15 is 0 Å². The minimum absolute atomic E-state index is 0.113. The number of fused-ring (bicyclic) bond motifs is 1. The molecule has 176 valence electrons. The fourth-order valence-corrected chi connectivity index (χ4v) is 6.66. The van der Waals surface area contributed by atoms with Crippen LogP contribution in [-0.4, -0.2) is 29.4 Å². The maximum atomic E-state index is 13.6. The van der Waals surface area contributed by atoms with E-state index in [0.717, 1.165) is 9.13 Å². The first kappa shape index (κ1) is 24.9. The standard InChI is InChI=1S/C24H20I2N2O5S/c1-4-33-23(31)19-12(2)27-24-28(20(19)13-5-7-16(32-3)8-6-13)22(30)18(34-24)10-14-9-15(25)11-17(26)21(14)29/h5-11,20,29H,4H2,1-3H3/b18-10-/t20-/m0/s1. The summed E-state index contributed by atoms with van der Waals surface area (Å²) in [4.78, 5) is 31.6. The van der Waals surface area contributed by atoms with Crippen LogP contribution >= 0.6 is 56.5 Å². The molecule has 3 aromatic rings. The van der Waals surface area contributed by atoms with Crippen molar-refractivity contribution >= 4 is 68.6 Å². The Morgan fingerprint density at radius 3 is 2.62 bits per heavy atom. The Morgan fingerprint density at radius 1 is 1.26 bits per heavy atom. The number of benzene rings is 2. The normalized spacial score (nSPS) is 15.7. The van der Waals surface area contributed by atoms with E-state index in [4.69, 9.17) is 9.47 Å². The van der Waals surface area contributed by atoms with E-state index in [0.29, 0.717) is 35.5 Å². The molecule has 1 aliphatic heterocycles. The Bertz CT molecular complexity index is 1490. The van der Waals surface area contributed by atoms with Crippen molar-refractivity contribution in [1.82, 2.24) is 4.57 Å². The zero-order valence-corrected chi connectivity index (χ0v) is 23.6. The number of thiazole rings is 1. The Hall–Kier alpha value is -2.19. The molecule has 2 heterocycles. The number of halogens is 2. The second kappa shape index (κ2) is 10.2. The van der Waals surface area contributed by atoms with E-state index in [1.54, 1.807) is 39.2 Å². The summed E-state index contributed by atoms with van der Waals surface area (Å²) < 4.78 is 14.1. The van der Waals surface area contributed by atoms with E-state index < -0.39 is 12.0 Å². The number of esters is 1. The molecule has 0 unspecified atom stereocenters. The van der Waals surface area contributed by atoms with E-state index in [1.807, 2.05) is 24.3 Å². The summed E-state index contributed by atoms with van der Waals surface area (Å²) in [6.07, 6.45) is 1.66. The van der Waals surface area contributed by atoms with E-state index in [9.17, 15) is 14.7 Å². The quantitative estimate of drug-likeness (QED) is 0.324. The van der Waals surface area contributed by atoms with Gasteiger partial charge in [-0.15, -0.1) is 0 Å². The van der Waals surface area contributed by atoms with Crippen LogP contribution in [0.2, 0.25) is 0 Å². The Kier molecular flexibility index (Phi) is 7.48. The second-order valence-electron chi connectivity index (χ2n) is 7.40. The van der Waals surface area contributed by atoms with Gasteiger partial charge in [0.2, 0.25) is 0 Å². The summed E-state index contributed by atoms with van der Waals surface area (Å²) >= 11 is 5.44. The molecule has 1 N–H and O–H groups in total. The number of carbonyl (C=O) groups is 1. The molecule has 4 rings (SSSR count). The summed E-state index contributed by atoms with van der Waals surface area (Å²) in [5.41, 5.74) is 1.80. The van der Waals surface area contributed by atoms with Crippen molar-refractivity contribution in [1.29, 1.82) is 0 Å². The first-order chi connectivity index (χ1) is 16.2. The molecule has 1 atom stereocenters. The average molecular weight is 702 g/mol. The number of phenolic OH excluding ortho intramolecular Hbond substituents is 1. The molecule has 0 amide bonds. The molecule has 0 spiro atoms. The van der Waals surface area contributed by atoms with Crippen molar-refractivity contribution in [2.75, 3.05) is 13.7 Å². The van der Waals surface area contributed by atoms with Gasteiger partial charge in [-0.1, -0.05) is 23.5 Å². The van der Waals surface area contributed by atoms with Gasteiger partial charge in [-0.2, -0.15) is 0 Å². The van der Waals surface area contributed by atoms with Gasteiger partial charge in [0.15, 0.2) is 4.80 Å². The van der Waals surface area contributed by atoms with Crippen LogP contribution in [0.15, 0.2) is 57.5 Å².